The lowest BCUT2D eigenvalue weighted by molar-refractivity contribution is -0.137. The fraction of sp³-hybridized carbons (Fsp3) is 0.364. The number of alkyl halides is 3. The Morgan fingerprint density at radius 3 is 2.13 bits per heavy atom. The first-order valence-electron chi connectivity index (χ1n) is 9.97. The molecule has 2 aromatic rings. The number of anilines is 3. The highest BCUT2D eigenvalue weighted by molar-refractivity contribution is 6.07. The summed E-state index contributed by atoms with van der Waals surface area (Å²) in [6.45, 7) is 0. The second kappa shape index (κ2) is 7.76. The minimum absolute atomic E-state index is 0.0861. The Hall–Kier alpha value is -3.28. The van der Waals surface area contributed by atoms with Crippen LogP contribution in [0.25, 0.3) is 0 Å². The van der Waals surface area contributed by atoms with Gasteiger partial charge in [-0.25, -0.2) is 9.18 Å². The monoisotopic (exact) mass is 432 g/mol. The minimum atomic E-state index is -4.72. The number of carbonyl (C=O) groups is 1. The van der Waals surface area contributed by atoms with Gasteiger partial charge < -0.3 is 5.32 Å². The van der Waals surface area contributed by atoms with E-state index in [0.717, 1.165) is 25.0 Å². The first-order valence-corrected chi connectivity index (χ1v) is 9.97. The zero-order chi connectivity index (χ0) is 22.3. The smallest absolute Gasteiger partial charge is 0.386 e. The zero-order valence-corrected chi connectivity index (χ0v) is 16.7. The maximum atomic E-state index is 14.4. The number of hydrogen-bond donors (Lipinski definition) is 1. The van der Waals surface area contributed by atoms with Gasteiger partial charge in [-0.1, -0.05) is 12.8 Å². The predicted octanol–water partition coefficient (Wildman–Crippen LogP) is 5.52. The van der Waals surface area contributed by atoms with Crippen LogP contribution < -0.4 is 15.1 Å². The van der Waals surface area contributed by atoms with E-state index < -0.39 is 29.2 Å². The molecule has 2 amide bonds. The van der Waals surface area contributed by atoms with Crippen molar-refractivity contribution in [2.75, 3.05) is 22.2 Å². The summed E-state index contributed by atoms with van der Waals surface area (Å²) >= 11 is 0. The predicted molar refractivity (Wildman–Crippen MR) is 109 cm³/mol. The molecule has 2 atom stereocenters. The molecule has 0 aromatic heterocycles. The first kappa shape index (κ1) is 21.0. The Labute approximate surface area is 176 Å². The van der Waals surface area contributed by atoms with Gasteiger partial charge >= 0.3 is 12.2 Å². The van der Waals surface area contributed by atoms with Crippen molar-refractivity contribution in [3.63, 3.8) is 0 Å². The lowest BCUT2D eigenvalue weighted by Gasteiger charge is -2.32. The van der Waals surface area contributed by atoms with Crippen molar-refractivity contribution in [2.24, 2.45) is 0 Å². The average molecular weight is 432 g/mol. The van der Waals surface area contributed by atoms with Crippen molar-refractivity contribution < 1.29 is 22.4 Å². The van der Waals surface area contributed by atoms with Gasteiger partial charge in [0.1, 0.15) is 5.82 Å². The van der Waals surface area contributed by atoms with Gasteiger partial charge in [0.25, 0.3) is 0 Å². The van der Waals surface area contributed by atoms with Crippen LogP contribution in [0, 0.1) is 17.1 Å². The third-order valence-corrected chi connectivity index (χ3v) is 5.98. The van der Waals surface area contributed by atoms with Crippen LogP contribution in [-0.2, 0) is 6.18 Å². The summed E-state index contributed by atoms with van der Waals surface area (Å²) < 4.78 is 54.8. The van der Waals surface area contributed by atoms with Crippen LogP contribution in [0.5, 0.6) is 0 Å². The van der Waals surface area contributed by atoms with Crippen LogP contribution in [0.1, 0.15) is 36.8 Å². The molecule has 2 fully saturated rings. The number of rotatable bonds is 3. The number of nitriles is 1. The fourth-order valence-corrected chi connectivity index (χ4v) is 4.57. The lowest BCUT2D eigenvalue weighted by atomic mass is 9.89. The summed E-state index contributed by atoms with van der Waals surface area (Å²) in [5, 5.41) is 11.8. The molecule has 9 heteroatoms. The van der Waals surface area contributed by atoms with Crippen LogP contribution in [0.3, 0.4) is 0 Å². The van der Waals surface area contributed by atoms with Crippen LogP contribution in [0.2, 0.25) is 0 Å². The number of nitrogens with one attached hydrogen (secondary N) is 1. The topological polar surface area (TPSA) is 59.4 Å². The molecule has 0 radical (unpaired) electrons. The standard InChI is InChI=1S/C22H20F4N4O/c1-28-18-9-8-15(11-17(18)23)30-20-5-3-2-4-19(20)29(21(30)31)14-7-6-13(12-27)16(10-14)22(24,25)26/h6-11,19-20,28H,2-5H2,1H3/t19-,20-/m1/s1. The van der Waals surface area contributed by atoms with E-state index in [-0.39, 0.29) is 23.5 Å². The molecule has 5 nitrogen and oxygen atoms in total. The summed E-state index contributed by atoms with van der Waals surface area (Å²) in [6.07, 6.45) is -1.71. The van der Waals surface area contributed by atoms with Gasteiger partial charge in [-0.2, -0.15) is 18.4 Å². The zero-order valence-electron chi connectivity index (χ0n) is 16.7. The van der Waals surface area contributed by atoms with Gasteiger partial charge in [0.2, 0.25) is 0 Å². The second-order valence-electron chi connectivity index (χ2n) is 7.70. The summed E-state index contributed by atoms with van der Waals surface area (Å²) in [5.41, 5.74) is -0.830. The van der Waals surface area contributed by atoms with Crippen LogP contribution in [0.15, 0.2) is 36.4 Å². The van der Waals surface area contributed by atoms with Crippen molar-refractivity contribution in [2.45, 2.75) is 43.9 Å². The van der Waals surface area contributed by atoms with Gasteiger partial charge in [0, 0.05) is 18.4 Å². The van der Waals surface area contributed by atoms with E-state index in [2.05, 4.69) is 5.32 Å². The quantitative estimate of drug-likeness (QED) is 0.650. The molecule has 2 aliphatic rings. The Bertz CT molecular complexity index is 1060. The molecule has 2 aromatic carbocycles. The molecule has 1 heterocycles. The lowest BCUT2D eigenvalue weighted by Crippen LogP contribution is -2.40. The van der Waals surface area contributed by atoms with Crippen molar-refractivity contribution >= 4 is 23.1 Å². The van der Waals surface area contributed by atoms with Crippen LogP contribution in [0.4, 0.5) is 39.4 Å². The van der Waals surface area contributed by atoms with Gasteiger partial charge in [0.15, 0.2) is 0 Å². The molecule has 1 aliphatic heterocycles. The maximum absolute atomic E-state index is 14.4. The molecule has 1 aliphatic carbocycles. The van der Waals surface area contributed by atoms with E-state index in [1.807, 2.05) is 0 Å². The van der Waals surface area contributed by atoms with E-state index in [1.165, 1.54) is 28.0 Å². The Morgan fingerprint density at radius 1 is 1.03 bits per heavy atom. The number of halogens is 4. The number of benzene rings is 2. The first-order chi connectivity index (χ1) is 14.8. The molecule has 0 unspecified atom stereocenters. The molecular weight excluding hydrogens is 412 g/mol. The van der Waals surface area contributed by atoms with Crippen LogP contribution >= 0.6 is 0 Å². The van der Waals surface area contributed by atoms with E-state index >= 15 is 0 Å². The second-order valence-corrected chi connectivity index (χ2v) is 7.70. The summed E-state index contributed by atoms with van der Waals surface area (Å²) in [6, 6.07) is 8.19. The number of hydrogen-bond acceptors (Lipinski definition) is 3. The van der Waals surface area contributed by atoms with Crippen molar-refractivity contribution in [1.82, 2.24) is 0 Å². The normalized spacial score (nSPS) is 21.1. The summed E-state index contributed by atoms with van der Waals surface area (Å²) in [4.78, 5) is 16.3. The Balaban J connectivity index is 1.78. The van der Waals surface area contributed by atoms with E-state index in [9.17, 15) is 22.4 Å². The van der Waals surface area contributed by atoms with Crippen LogP contribution in [-0.4, -0.2) is 25.2 Å². The van der Waals surface area contributed by atoms with E-state index in [1.54, 1.807) is 19.2 Å². The SMILES string of the molecule is CNc1ccc(N2C(=O)N(c3ccc(C#N)c(C(F)(F)F)c3)[C@@H]3CCCC[C@H]32)cc1F. The number of urea groups is 1. The molecule has 0 bridgehead atoms. The maximum Gasteiger partial charge on any atom is 0.417 e. The summed E-state index contributed by atoms with van der Waals surface area (Å²) in [7, 11) is 1.58. The Kier molecular flexibility index (Phi) is 5.25. The third-order valence-electron chi connectivity index (χ3n) is 5.98. The van der Waals surface area contributed by atoms with Crippen molar-refractivity contribution in [1.29, 1.82) is 5.26 Å². The summed E-state index contributed by atoms with van der Waals surface area (Å²) in [5.74, 6) is -0.517. The van der Waals surface area contributed by atoms with Gasteiger partial charge in [-0.05, 0) is 49.2 Å². The van der Waals surface area contributed by atoms with Gasteiger partial charge in [-0.15, -0.1) is 0 Å². The molecule has 1 saturated heterocycles. The average Bonchev–Trinajstić information content (AvgIpc) is 3.04. The molecule has 1 saturated carbocycles. The third kappa shape index (κ3) is 3.56. The van der Waals surface area contributed by atoms with Crippen molar-refractivity contribution in [3.8, 4) is 6.07 Å². The van der Waals surface area contributed by atoms with E-state index in [0.29, 0.717) is 18.5 Å². The number of carbonyl (C=O) groups excluding carboxylic acids is 1. The molecule has 1 N–H and O–H groups in total. The Morgan fingerprint density at radius 2 is 1.61 bits per heavy atom. The van der Waals surface area contributed by atoms with Gasteiger partial charge in [0.05, 0.1) is 35.0 Å². The number of nitrogens with zero attached hydrogens (tertiary/aromatic N) is 3. The molecule has 31 heavy (non-hydrogen) atoms. The largest absolute Gasteiger partial charge is 0.417 e. The number of fused-ring (bicyclic) bond motifs is 1. The van der Waals surface area contributed by atoms with Crippen molar-refractivity contribution in [3.05, 3.63) is 53.3 Å². The molecular formula is C22H20F4N4O. The molecule has 4 rings (SSSR count). The highest BCUT2D eigenvalue weighted by atomic mass is 19.4. The fourth-order valence-electron chi connectivity index (χ4n) is 4.57. The number of amides is 2. The molecule has 0 spiro atoms. The van der Waals surface area contributed by atoms with Gasteiger partial charge in [-0.3, -0.25) is 9.80 Å². The highest BCUT2D eigenvalue weighted by Gasteiger charge is 2.48. The highest BCUT2D eigenvalue weighted by Crippen LogP contribution is 2.42. The molecule has 162 valence electrons. The van der Waals surface area contributed by atoms with E-state index in [4.69, 9.17) is 5.26 Å². The minimum Gasteiger partial charge on any atom is -0.386 e.